The maximum Gasteiger partial charge on any atom is 0.171 e. The minimum atomic E-state index is -1.98. The molecule has 1 fully saturated rings. The molecule has 1 saturated heterocycles. The Balaban J connectivity index is 1.69. The Labute approximate surface area is 230 Å². The molecule has 206 valence electrons. The summed E-state index contributed by atoms with van der Waals surface area (Å²) in [7, 11) is -0.285. The van der Waals surface area contributed by atoms with Crippen LogP contribution in [0.25, 0.3) is 11.0 Å². The van der Waals surface area contributed by atoms with Crippen LogP contribution in [-0.4, -0.2) is 48.3 Å². The average Bonchev–Trinajstić information content (AvgIpc) is 3.29. The van der Waals surface area contributed by atoms with Crippen LogP contribution in [0.15, 0.2) is 42.7 Å². The highest BCUT2D eigenvalue weighted by atomic mass is 28.3. The van der Waals surface area contributed by atoms with E-state index in [0.29, 0.717) is 22.5 Å². The number of hydrogen-bond donors (Lipinski definition) is 0. The highest BCUT2D eigenvalue weighted by Gasteiger charge is 2.46. The minimum Gasteiger partial charge on any atom is -0.497 e. The first-order chi connectivity index (χ1) is 18.0. The van der Waals surface area contributed by atoms with Gasteiger partial charge in [0.15, 0.2) is 14.0 Å². The Hall–Kier alpha value is -2.44. The van der Waals surface area contributed by atoms with E-state index in [-0.39, 0.29) is 11.7 Å². The second-order valence-corrected chi connectivity index (χ2v) is 18.1. The van der Waals surface area contributed by atoms with Crippen LogP contribution >= 0.6 is 0 Å². The van der Waals surface area contributed by atoms with Crippen molar-refractivity contribution < 1.29 is 9.53 Å². The number of ketones is 1. The highest BCUT2D eigenvalue weighted by molar-refractivity contribution is 6.82. The highest BCUT2D eigenvalue weighted by Crippen LogP contribution is 2.44. The van der Waals surface area contributed by atoms with Gasteiger partial charge in [0.1, 0.15) is 11.4 Å². The third-order valence-corrected chi connectivity index (χ3v) is 16.0. The molecule has 0 spiro atoms. The van der Waals surface area contributed by atoms with Crippen molar-refractivity contribution in [3.8, 4) is 5.75 Å². The number of pyridine rings is 1. The lowest BCUT2D eigenvalue weighted by Crippen LogP contribution is -2.51. The molecule has 0 N–H and O–H groups in total. The van der Waals surface area contributed by atoms with Crippen molar-refractivity contribution in [1.82, 2.24) is 14.1 Å². The van der Waals surface area contributed by atoms with Gasteiger partial charge in [-0.15, -0.1) is 0 Å². The monoisotopic (exact) mass is 533 g/mol. The third kappa shape index (κ3) is 4.97. The van der Waals surface area contributed by atoms with E-state index >= 15 is 0 Å². The first-order valence-electron chi connectivity index (χ1n) is 14.4. The van der Waals surface area contributed by atoms with Gasteiger partial charge in [0.25, 0.3) is 0 Å². The quantitative estimate of drug-likeness (QED) is 0.209. The fourth-order valence-electron chi connectivity index (χ4n) is 7.46. The number of nitrogens with zero attached hydrogens (tertiary/aromatic N) is 3. The zero-order valence-corrected chi connectivity index (χ0v) is 25.9. The maximum absolute atomic E-state index is 14.3. The van der Waals surface area contributed by atoms with Gasteiger partial charge in [-0.2, -0.15) is 0 Å². The summed E-state index contributed by atoms with van der Waals surface area (Å²) in [6.07, 6.45) is 5.22. The zero-order chi connectivity index (χ0) is 27.8. The zero-order valence-electron chi connectivity index (χ0n) is 24.9. The summed E-state index contributed by atoms with van der Waals surface area (Å²) in [5.74, 6) is 1.50. The molecule has 0 aliphatic carbocycles. The standard InChI is InChI=1S/C32H47N3O2Si/c1-21(2)38(22(3)4,23(5)6)35-17-15-28-30(25(8)18-33-32(28)35)31(36)29-20-34(16-14-24(29)7)19-26-10-12-27(37-9)13-11-26/h10-13,15,17-18,21-24,29H,14,16,19-20H2,1-9H3/t24-,29?/m0/s1. The smallest absolute Gasteiger partial charge is 0.171 e. The number of rotatable bonds is 9. The number of benzene rings is 1. The number of methoxy groups -OCH3 is 1. The first-order valence-corrected chi connectivity index (χ1v) is 16.6. The summed E-state index contributed by atoms with van der Waals surface area (Å²) in [5.41, 5.74) is 5.81. The van der Waals surface area contributed by atoms with E-state index in [1.165, 1.54) is 5.56 Å². The van der Waals surface area contributed by atoms with Crippen molar-refractivity contribution >= 4 is 25.1 Å². The molecule has 2 atom stereocenters. The fourth-order valence-corrected chi connectivity index (χ4v) is 14.0. The summed E-state index contributed by atoms with van der Waals surface area (Å²) >= 11 is 0. The van der Waals surface area contributed by atoms with Crippen molar-refractivity contribution in [2.75, 3.05) is 20.2 Å². The number of Topliss-reactive ketones (excluding diaryl/α,β-unsaturated/α-hetero) is 1. The molecule has 1 unspecified atom stereocenters. The lowest BCUT2D eigenvalue weighted by Gasteiger charge is -2.44. The Kier molecular flexibility index (Phi) is 8.53. The summed E-state index contributed by atoms with van der Waals surface area (Å²) in [6, 6.07) is 10.5. The number of likely N-dealkylation sites (tertiary alicyclic amines) is 1. The molecular formula is C32H47N3O2Si. The first kappa shape index (κ1) is 28.6. The van der Waals surface area contributed by atoms with E-state index in [1.807, 2.05) is 18.3 Å². The number of ether oxygens (including phenoxy) is 1. The number of fused-ring (bicyclic) bond motifs is 1. The second-order valence-electron chi connectivity index (χ2n) is 12.4. The molecular weight excluding hydrogens is 486 g/mol. The molecule has 3 heterocycles. The molecule has 0 radical (unpaired) electrons. The van der Waals surface area contributed by atoms with Gasteiger partial charge in [-0.3, -0.25) is 9.69 Å². The van der Waals surface area contributed by atoms with E-state index in [4.69, 9.17) is 9.72 Å². The maximum atomic E-state index is 14.3. The van der Waals surface area contributed by atoms with Gasteiger partial charge in [0.05, 0.1) is 7.11 Å². The molecule has 38 heavy (non-hydrogen) atoms. The van der Waals surface area contributed by atoms with E-state index in [9.17, 15) is 4.79 Å². The molecule has 5 nitrogen and oxygen atoms in total. The van der Waals surface area contributed by atoms with Crippen LogP contribution in [0, 0.1) is 18.8 Å². The third-order valence-electron chi connectivity index (χ3n) is 9.29. The lowest BCUT2D eigenvalue weighted by atomic mass is 9.80. The second kappa shape index (κ2) is 11.3. The van der Waals surface area contributed by atoms with E-state index in [2.05, 4.69) is 88.9 Å². The van der Waals surface area contributed by atoms with Crippen LogP contribution in [0.3, 0.4) is 0 Å². The van der Waals surface area contributed by atoms with Gasteiger partial charge >= 0.3 is 0 Å². The largest absolute Gasteiger partial charge is 0.497 e. The number of carbonyl (C=O) groups excluding carboxylic acids is 1. The SMILES string of the molecule is COc1ccc(CN2CC[C@H](C)C(C(=O)c3c(C)cnc4c3ccn4[Si](C(C)C)(C(C)C)C(C)C)C2)cc1. The molecule has 1 aromatic carbocycles. The number of hydrogen-bond acceptors (Lipinski definition) is 4. The van der Waals surface area contributed by atoms with E-state index in [1.54, 1.807) is 7.11 Å². The van der Waals surface area contributed by atoms with Gasteiger partial charge in [-0.25, -0.2) is 4.98 Å². The normalized spacial score (nSPS) is 19.2. The molecule has 0 saturated carbocycles. The van der Waals surface area contributed by atoms with Crippen LogP contribution in [0.2, 0.25) is 16.6 Å². The predicted molar refractivity (Wildman–Crippen MR) is 161 cm³/mol. The Bertz CT molecular complexity index is 1240. The van der Waals surface area contributed by atoms with Crippen molar-refractivity contribution in [3.05, 3.63) is 59.4 Å². The van der Waals surface area contributed by atoms with Crippen molar-refractivity contribution in [2.24, 2.45) is 11.8 Å². The summed E-state index contributed by atoms with van der Waals surface area (Å²) in [5, 5.41) is 1.04. The molecule has 2 aromatic heterocycles. The van der Waals surface area contributed by atoms with Crippen LogP contribution in [0.1, 0.15) is 76.4 Å². The van der Waals surface area contributed by atoms with Gasteiger partial charge in [-0.1, -0.05) is 60.6 Å². The predicted octanol–water partition coefficient (Wildman–Crippen LogP) is 7.72. The van der Waals surface area contributed by atoms with Crippen LogP contribution in [0.5, 0.6) is 5.75 Å². The lowest BCUT2D eigenvalue weighted by molar-refractivity contribution is 0.0706. The molecule has 1 aliphatic rings. The van der Waals surface area contributed by atoms with Crippen molar-refractivity contribution in [1.29, 1.82) is 0 Å². The molecule has 3 aromatic rings. The van der Waals surface area contributed by atoms with E-state index < -0.39 is 8.24 Å². The van der Waals surface area contributed by atoms with Gasteiger partial charge in [0, 0.05) is 36.2 Å². The number of carbonyl (C=O) groups is 1. The van der Waals surface area contributed by atoms with E-state index in [0.717, 1.165) is 54.0 Å². The summed E-state index contributed by atoms with van der Waals surface area (Å²) in [6.45, 7) is 21.2. The number of aryl methyl sites for hydroxylation is 1. The minimum absolute atomic E-state index is 0.0167. The van der Waals surface area contributed by atoms with Crippen molar-refractivity contribution in [2.45, 2.75) is 85.0 Å². The number of aromatic nitrogens is 2. The summed E-state index contributed by atoms with van der Waals surface area (Å²) < 4.78 is 7.84. The Morgan fingerprint density at radius 1 is 1.05 bits per heavy atom. The van der Waals surface area contributed by atoms with Crippen LogP contribution in [-0.2, 0) is 6.54 Å². The molecule has 1 aliphatic heterocycles. The van der Waals surface area contributed by atoms with Gasteiger partial charge < -0.3 is 8.97 Å². The Morgan fingerprint density at radius 2 is 1.68 bits per heavy atom. The molecule has 6 heteroatoms. The van der Waals surface area contributed by atoms with Crippen LogP contribution < -0.4 is 4.74 Å². The molecule has 4 rings (SSSR count). The van der Waals surface area contributed by atoms with Crippen LogP contribution in [0.4, 0.5) is 0 Å². The molecule has 0 bridgehead atoms. The average molecular weight is 534 g/mol. The Morgan fingerprint density at radius 3 is 2.26 bits per heavy atom. The topological polar surface area (TPSA) is 47.4 Å². The number of piperidine rings is 1. The van der Waals surface area contributed by atoms with Gasteiger partial charge in [-0.05, 0) is 78.0 Å². The fraction of sp³-hybridized carbons (Fsp3) is 0.562. The van der Waals surface area contributed by atoms with Crippen molar-refractivity contribution in [3.63, 3.8) is 0 Å². The van der Waals surface area contributed by atoms with Gasteiger partial charge in [0.2, 0.25) is 0 Å². The molecule has 0 amide bonds. The summed E-state index contributed by atoms with van der Waals surface area (Å²) in [4.78, 5) is 21.7.